The van der Waals surface area contributed by atoms with Crippen molar-refractivity contribution in [3.05, 3.63) is 48.5 Å². The van der Waals surface area contributed by atoms with E-state index in [-0.39, 0.29) is 0 Å². The van der Waals surface area contributed by atoms with Crippen LogP contribution in [0.3, 0.4) is 0 Å². The molecule has 1 fully saturated rings. The fourth-order valence-electron chi connectivity index (χ4n) is 5.11. The first kappa shape index (κ1) is 25.0. The molecule has 0 spiro atoms. The van der Waals surface area contributed by atoms with Gasteiger partial charge in [-0.25, -0.2) is 9.78 Å². The maximum absolute atomic E-state index is 13.2. The molecule has 5 rings (SSSR count). The zero-order valence-electron chi connectivity index (χ0n) is 21.1. The topological polar surface area (TPSA) is 131 Å². The molecule has 1 aliphatic rings. The Morgan fingerprint density at radius 1 is 1.08 bits per heavy atom. The number of imidazole rings is 1. The van der Waals surface area contributed by atoms with Crippen LogP contribution in [0.25, 0.3) is 33.8 Å². The number of rotatable bonds is 11. The summed E-state index contributed by atoms with van der Waals surface area (Å²) in [7, 11) is 0. The first-order chi connectivity index (χ1) is 18.1. The summed E-state index contributed by atoms with van der Waals surface area (Å²) in [5, 5.41) is 29.2. The summed E-state index contributed by atoms with van der Waals surface area (Å²) < 4.78 is 7.53. The highest BCUT2D eigenvalue weighted by Crippen LogP contribution is 2.39. The number of nitrogens with zero attached hydrogens (tertiary/aromatic N) is 5. The van der Waals surface area contributed by atoms with Crippen molar-refractivity contribution in [1.29, 1.82) is 0 Å². The van der Waals surface area contributed by atoms with Gasteiger partial charge in [-0.3, -0.25) is 5.32 Å². The summed E-state index contributed by atoms with van der Waals surface area (Å²) in [4.78, 5) is 18.2. The Morgan fingerprint density at radius 3 is 2.65 bits per heavy atom. The van der Waals surface area contributed by atoms with Crippen LogP contribution in [0.15, 0.2) is 48.5 Å². The highest BCUT2D eigenvalue weighted by molar-refractivity contribution is 5.87. The van der Waals surface area contributed by atoms with Crippen molar-refractivity contribution in [3.8, 4) is 22.8 Å². The van der Waals surface area contributed by atoms with E-state index >= 15 is 0 Å². The molecule has 0 saturated carbocycles. The molecule has 3 N–H and O–H groups in total. The number of hydrogen-bond acceptors (Lipinski definition) is 8. The van der Waals surface area contributed by atoms with Crippen molar-refractivity contribution < 1.29 is 14.6 Å². The molecule has 194 valence electrons. The molecule has 10 nitrogen and oxygen atoms in total. The van der Waals surface area contributed by atoms with Crippen LogP contribution in [-0.2, 0) is 9.53 Å². The van der Waals surface area contributed by atoms with Crippen molar-refractivity contribution in [2.45, 2.75) is 63.6 Å². The summed E-state index contributed by atoms with van der Waals surface area (Å²) >= 11 is 0. The number of aromatic nitrogens is 6. The monoisotopic (exact) mass is 503 g/mol. The molecule has 0 bridgehead atoms. The zero-order chi connectivity index (χ0) is 25.7. The molecule has 1 saturated heterocycles. The molecule has 2 atom stereocenters. The van der Waals surface area contributed by atoms with E-state index in [1.807, 2.05) is 53.1 Å². The van der Waals surface area contributed by atoms with E-state index in [1.54, 1.807) is 0 Å². The smallest absolute Gasteiger partial charge is 0.355 e. The van der Waals surface area contributed by atoms with Gasteiger partial charge in [0.2, 0.25) is 11.5 Å². The van der Waals surface area contributed by atoms with E-state index < -0.39 is 17.7 Å². The molecular weight excluding hydrogens is 470 g/mol. The normalized spacial score (nSPS) is 19.5. The second-order valence-electron chi connectivity index (χ2n) is 9.48. The average molecular weight is 504 g/mol. The van der Waals surface area contributed by atoms with Gasteiger partial charge in [-0.2, -0.15) is 5.21 Å². The fraction of sp³-hybridized carbons (Fsp3) is 0.444. The number of fused-ring (bicyclic) bond motifs is 1. The third kappa shape index (κ3) is 4.99. The molecule has 37 heavy (non-hydrogen) atoms. The van der Waals surface area contributed by atoms with Crippen molar-refractivity contribution in [2.24, 2.45) is 0 Å². The van der Waals surface area contributed by atoms with Gasteiger partial charge in [0.15, 0.2) is 0 Å². The lowest BCUT2D eigenvalue weighted by molar-refractivity contribution is -0.171. The number of tetrazole rings is 1. The number of aromatic amines is 1. The van der Waals surface area contributed by atoms with E-state index in [1.165, 1.54) is 19.3 Å². The molecule has 1 unspecified atom stereocenters. The van der Waals surface area contributed by atoms with Gasteiger partial charge < -0.3 is 14.4 Å². The molecule has 10 heteroatoms. The molecule has 3 heterocycles. The Labute approximate surface area is 215 Å². The third-order valence-electron chi connectivity index (χ3n) is 7.00. The minimum Gasteiger partial charge on any atom is -0.462 e. The number of H-pyrrole nitrogens is 1. The SMILES string of the molecule is CCCCCCCCOC(=O)[C@@]1(O)NCCC1n1c(-c2ccccc2-c2nn[nH]n2)nc2ccccc21. The average Bonchev–Trinajstić information content (AvgIpc) is 3.67. The van der Waals surface area contributed by atoms with Gasteiger partial charge in [-0.1, -0.05) is 75.4 Å². The maximum Gasteiger partial charge on any atom is 0.355 e. The molecule has 2 aromatic heterocycles. The van der Waals surface area contributed by atoms with E-state index in [4.69, 9.17) is 9.72 Å². The largest absolute Gasteiger partial charge is 0.462 e. The maximum atomic E-state index is 13.2. The van der Waals surface area contributed by atoms with Crippen LogP contribution in [0, 0.1) is 0 Å². The molecule has 1 aliphatic heterocycles. The molecule has 0 amide bonds. The number of ether oxygens (including phenoxy) is 1. The highest BCUT2D eigenvalue weighted by Gasteiger charge is 2.51. The van der Waals surface area contributed by atoms with Crippen molar-refractivity contribution in [3.63, 3.8) is 0 Å². The van der Waals surface area contributed by atoms with E-state index in [0.29, 0.717) is 31.2 Å². The van der Waals surface area contributed by atoms with Gasteiger partial charge in [0, 0.05) is 17.7 Å². The number of benzene rings is 2. The van der Waals surface area contributed by atoms with Gasteiger partial charge in [0.25, 0.3) is 0 Å². The van der Waals surface area contributed by atoms with Crippen LogP contribution in [0.5, 0.6) is 0 Å². The second kappa shape index (κ2) is 11.2. The number of carbonyl (C=O) groups is 1. The lowest BCUT2D eigenvalue weighted by atomic mass is 10.0. The Bertz CT molecular complexity index is 1340. The van der Waals surface area contributed by atoms with Gasteiger partial charge in [-0.05, 0) is 30.2 Å². The predicted molar refractivity (Wildman–Crippen MR) is 139 cm³/mol. The Hall–Kier alpha value is -3.63. The summed E-state index contributed by atoms with van der Waals surface area (Å²) in [6.07, 6.45) is 7.06. The first-order valence-corrected chi connectivity index (χ1v) is 13.1. The summed E-state index contributed by atoms with van der Waals surface area (Å²) in [5.41, 5.74) is 1.22. The van der Waals surface area contributed by atoms with Crippen LogP contribution < -0.4 is 5.32 Å². The number of carbonyl (C=O) groups excluding carboxylic acids is 1. The second-order valence-corrected chi connectivity index (χ2v) is 9.48. The quantitative estimate of drug-likeness (QED) is 0.207. The molecule has 2 aromatic carbocycles. The lowest BCUT2D eigenvalue weighted by Crippen LogP contribution is -2.53. The molecule has 0 aliphatic carbocycles. The Balaban J connectivity index is 1.47. The minimum absolute atomic E-state index is 0.292. The number of unbranched alkanes of at least 4 members (excludes halogenated alkanes) is 5. The molecule has 0 radical (unpaired) electrons. The van der Waals surface area contributed by atoms with Gasteiger partial charge in [0.05, 0.1) is 23.7 Å². The van der Waals surface area contributed by atoms with Crippen LogP contribution in [-0.4, -0.2) is 60.1 Å². The minimum atomic E-state index is -1.87. The Kier molecular flexibility index (Phi) is 7.57. The predicted octanol–water partition coefficient (Wildman–Crippen LogP) is 4.01. The third-order valence-corrected chi connectivity index (χ3v) is 7.00. The number of para-hydroxylation sites is 2. The number of hydrogen-bond donors (Lipinski definition) is 3. The zero-order valence-corrected chi connectivity index (χ0v) is 21.1. The van der Waals surface area contributed by atoms with Crippen LogP contribution >= 0.6 is 0 Å². The van der Waals surface area contributed by atoms with Gasteiger partial charge >= 0.3 is 5.97 Å². The lowest BCUT2D eigenvalue weighted by Gasteiger charge is -2.30. The van der Waals surface area contributed by atoms with E-state index in [2.05, 4.69) is 32.9 Å². The standard InChI is InChI=1S/C27H33N7O3/c1-2-3-4-5-6-11-18-37-26(35)27(36)23(16-17-28-27)34-22-15-10-9-14-21(22)29-25(34)20-13-8-7-12-19(20)24-30-32-33-31-24/h7-10,12-15,23,28,36H,2-6,11,16-18H2,1H3,(H,30,31,32,33)/t23?,27-/m1/s1. The summed E-state index contributed by atoms with van der Waals surface area (Å²) in [6, 6.07) is 14.7. The van der Waals surface area contributed by atoms with Crippen molar-refractivity contribution in [1.82, 2.24) is 35.5 Å². The van der Waals surface area contributed by atoms with E-state index in [0.717, 1.165) is 41.4 Å². The van der Waals surface area contributed by atoms with Crippen molar-refractivity contribution >= 4 is 17.0 Å². The number of nitrogens with one attached hydrogen (secondary N) is 2. The number of esters is 1. The Morgan fingerprint density at radius 2 is 1.84 bits per heavy atom. The fourth-order valence-corrected chi connectivity index (χ4v) is 5.11. The summed E-state index contributed by atoms with van der Waals surface area (Å²) in [6.45, 7) is 2.94. The van der Waals surface area contributed by atoms with Crippen LogP contribution in [0.1, 0.15) is 57.9 Å². The van der Waals surface area contributed by atoms with E-state index in [9.17, 15) is 9.90 Å². The van der Waals surface area contributed by atoms with Crippen molar-refractivity contribution in [2.75, 3.05) is 13.2 Å². The number of aliphatic hydroxyl groups is 1. The summed E-state index contributed by atoms with van der Waals surface area (Å²) in [5.74, 6) is 0.392. The van der Waals surface area contributed by atoms with Gasteiger partial charge in [0.1, 0.15) is 5.82 Å². The molecular formula is C27H33N7O3. The molecule has 4 aromatic rings. The highest BCUT2D eigenvalue weighted by atomic mass is 16.6. The van der Waals surface area contributed by atoms with Crippen LogP contribution in [0.4, 0.5) is 0 Å². The van der Waals surface area contributed by atoms with Crippen LogP contribution in [0.2, 0.25) is 0 Å². The van der Waals surface area contributed by atoms with Gasteiger partial charge in [-0.15, -0.1) is 10.2 Å². The first-order valence-electron chi connectivity index (χ1n) is 13.1.